The lowest BCUT2D eigenvalue weighted by molar-refractivity contribution is -0.147. The molecule has 0 saturated heterocycles. The third kappa shape index (κ3) is 4.02. The van der Waals surface area contributed by atoms with Gasteiger partial charge in [0, 0.05) is 16.7 Å². The first-order valence-corrected chi connectivity index (χ1v) is 10.7. The zero-order valence-electron chi connectivity index (χ0n) is 17.5. The van der Waals surface area contributed by atoms with Crippen molar-refractivity contribution < 1.29 is 14.4 Å². The fourth-order valence-electron chi connectivity index (χ4n) is 5.76. The lowest BCUT2D eigenvalue weighted by Gasteiger charge is -2.55. The molecule has 3 N–H and O–H groups in total. The Morgan fingerprint density at radius 3 is 2.07 bits per heavy atom. The predicted molar refractivity (Wildman–Crippen MR) is 111 cm³/mol. The summed E-state index contributed by atoms with van der Waals surface area (Å²) in [7, 11) is 0. The Hall–Kier alpha value is -2.37. The van der Waals surface area contributed by atoms with Gasteiger partial charge in [-0.2, -0.15) is 0 Å². The van der Waals surface area contributed by atoms with Crippen molar-refractivity contribution in [2.75, 3.05) is 5.32 Å². The van der Waals surface area contributed by atoms with E-state index in [-0.39, 0.29) is 23.1 Å². The predicted octanol–water partition coefficient (Wildman–Crippen LogP) is 3.65. The van der Waals surface area contributed by atoms with Crippen LogP contribution in [0.4, 0.5) is 5.69 Å². The standard InChI is InChI=1S/C23H31N3O3/c1-22(2,3)20(28)24-18-6-4-5-17(10-18)19(27)25-26-21(29)23-11-14-7-15(12-23)9-16(8-14)13-23/h4-6,10,14-16H,7-9,11-13H2,1-3H3,(H,24,28)(H,25,27)(H,26,29). The third-order valence-electron chi connectivity index (χ3n) is 6.87. The largest absolute Gasteiger partial charge is 0.326 e. The zero-order chi connectivity index (χ0) is 20.8. The SMILES string of the molecule is CC(C)(C)C(=O)Nc1cccc(C(=O)NNC(=O)C23CC4CC(CC(C4)C2)C3)c1. The minimum absolute atomic E-state index is 0.0397. The molecule has 0 unspecified atom stereocenters. The summed E-state index contributed by atoms with van der Waals surface area (Å²) in [6, 6.07) is 6.75. The number of carbonyl (C=O) groups excluding carboxylic acids is 3. The first-order chi connectivity index (χ1) is 13.6. The van der Waals surface area contributed by atoms with Gasteiger partial charge in [0.25, 0.3) is 5.91 Å². The lowest BCUT2D eigenvalue weighted by atomic mass is 9.49. The van der Waals surface area contributed by atoms with Crippen LogP contribution in [0.1, 0.15) is 69.7 Å². The second kappa shape index (κ2) is 7.15. The maximum Gasteiger partial charge on any atom is 0.269 e. The Balaban J connectivity index is 1.37. The number of rotatable bonds is 3. The Kier molecular flexibility index (Phi) is 4.91. The van der Waals surface area contributed by atoms with E-state index in [9.17, 15) is 14.4 Å². The van der Waals surface area contributed by atoms with Crippen molar-refractivity contribution in [3.8, 4) is 0 Å². The summed E-state index contributed by atoms with van der Waals surface area (Å²) in [5.74, 6) is 1.48. The second-order valence-electron chi connectivity index (χ2n) is 10.4. The summed E-state index contributed by atoms with van der Waals surface area (Å²) in [5.41, 5.74) is 5.41. The van der Waals surface area contributed by atoms with E-state index in [0.717, 1.165) is 19.3 Å². The van der Waals surface area contributed by atoms with Gasteiger partial charge in [-0.25, -0.2) is 0 Å². The molecule has 0 aliphatic heterocycles. The molecule has 1 aromatic carbocycles. The summed E-state index contributed by atoms with van der Waals surface area (Å²) in [4.78, 5) is 37.7. The van der Waals surface area contributed by atoms with Crippen molar-refractivity contribution in [3.63, 3.8) is 0 Å². The molecule has 29 heavy (non-hydrogen) atoms. The molecule has 3 amide bonds. The molecule has 4 fully saturated rings. The highest BCUT2D eigenvalue weighted by molar-refractivity contribution is 5.99. The molecular formula is C23H31N3O3. The summed E-state index contributed by atoms with van der Waals surface area (Å²) >= 11 is 0. The Morgan fingerprint density at radius 2 is 1.52 bits per heavy atom. The first kappa shape index (κ1) is 19.9. The molecule has 4 aliphatic carbocycles. The van der Waals surface area contributed by atoms with Crippen LogP contribution in [0.25, 0.3) is 0 Å². The molecular weight excluding hydrogens is 366 g/mol. The van der Waals surface area contributed by atoms with Crippen molar-refractivity contribution in [2.45, 2.75) is 59.3 Å². The number of hydrogen-bond acceptors (Lipinski definition) is 3. The van der Waals surface area contributed by atoms with Crippen molar-refractivity contribution in [2.24, 2.45) is 28.6 Å². The Morgan fingerprint density at radius 1 is 0.931 bits per heavy atom. The van der Waals surface area contributed by atoms with E-state index in [4.69, 9.17) is 0 Å². The van der Waals surface area contributed by atoms with Gasteiger partial charge in [0.1, 0.15) is 0 Å². The lowest BCUT2D eigenvalue weighted by Crippen LogP contribution is -2.56. The second-order valence-corrected chi connectivity index (χ2v) is 10.4. The average Bonchev–Trinajstić information content (AvgIpc) is 2.64. The molecule has 4 aliphatic rings. The third-order valence-corrected chi connectivity index (χ3v) is 6.87. The van der Waals surface area contributed by atoms with Gasteiger partial charge in [0.2, 0.25) is 11.8 Å². The molecule has 0 heterocycles. The van der Waals surface area contributed by atoms with E-state index < -0.39 is 5.41 Å². The minimum atomic E-state index is -0.524. The van der Waals surface area contributed by atoms with Crippen molar-refractivity contribution in [3.05, 3.63) is 29.8 Å². The maximum atomic E-state index is 13.0. The molecule has 4 bridgehead atoms. The molecule has 6 nitrogen and oxygen atoms in total. The van der Waals surface area contributed by atoms with Crippen LogP contribution in [-0.2, 0) is 9.59 Å². The van der Waals surface area contributed by atoms with Crippen molar-refractivity contribution in [1.29, 1.82) is 0 Å². The minimum Gasteiger partial charge on any atom is -0.326 e. The summed E-state index contributed by atoms with van der Waals surface area (Å²) < 4.78 is 0. The van der Waals surface area contributed by atoms with E-state index >= 15 is 0 Å². The van der Waals surface area contributed by atoms with E-state index in [2.05, 4.69) is 16.2 Å². The molecule has 156 valence electrons. The number of benzene rings is 1. The van der Waals surface area contributed by atoms with Crippen LogP contribution in [0, 0.1) is 28.6 Å². The van der Waals surface area contributed by atoms with Crippen LogP contribution in [0.3, 0.4) is 0 Å². The number of carbonyl (C=O) groups is 3. The van der Waals surface area contributed by atoms with Gasteiger partial charge in [-0.1, -0.05) is 26.8 Å². The van der Waals surface area contributed by atoms with Crippen LogP contribution < -0.4 is 16.2 Å². The maximum absolute atomic E-state index is 13.0. The monoisotopic (exact) mass is 397 g/mol. The van der Waals surface area contributed by atoms with E-state index in [0.29, 0.717) is 29.0 Å². The van der Waals surface area contributed by atoms with Gasteiger partial charge in [-0.3, -0.25) is 25.2 Å². The number of nitrogens with one attached hydrogen (secondary N) is 3. The average molecular weight is 398 g/mol. The van der Waals surface area contributed by atoms with E-state index in [1.807, 2.05) is 20.8 Å². The highest BCUT2D eigenvalue weighted by Crippen LogP contribution is 2.60. The molecule has 1 aromatic rings. The highest BCUT2D eigenvalue weighted by atomic mass is 16.2. The van der Waals surface area contributed by atoms with Gasteiger partial charge >= 0.3 is 0 Å². The first-order valence-electron chi connectivity index (χ1n) is 10.7. The van der Waals surface area contributed by atoms with Crippen LogP contribution >= 0.6 is 0 Å². The number of hydrogen-bond donors (Lipinski definition) is 3. The molecule has 4 saturated carbocycles. The van der Waals surface area contributed by atoms with Gasteiger partial charge in [-0.15, -0.1) is 0 Å². The Labute approximate surface area is 172 Å². The highest BCUT2D eigenvalue weighted by Gasteiger charge is 2.54. The molecule has 5 rings (SSSR count). The fourth-order valence-corrected chi connectivity index (χ4v) is 5.76. The smallest absolute Gasteiger partial charge is 0.269 e. The zero-order valence-corrected chi connectivity index (χ0v) is 17.5. The normalized spacial score (nSPS) is 30.0. The molecule has 0 spiro atoms. The fraction of sp³-hybridized carbons (Fsp3) is 0.609. The van der Waals surface area contributed by atoms with E-state index in [1.165, 1.54) is 19.3 Å². The van der Waals surface area contributed by atoms with Crippen LogP contribution in [0.2, 0.25) is 0 Å². The van der Waals surface area contributed by atoms with Gasteiger partial charge in [-0.05, 0) is 74.5 Å². The Bertz CT molecular complexity index is 805. The molecule has 0 radical (unpaired) electrons. The van der Waals surface area contributed by atoms with Crippen LogP contribution in [-0.4, -0.2) is 17.7 Å². The molecule has 6 heteroatoms. The number of anilines is 1. The molecule has 0 aromatic heterocycles. The topological polar surface area (TPSA) is 87.3 Å². The van der Waals surface area contributed by atoms with Crippen molar-refractivity contribution >= 4 is 23.4 Å². The van der Waals surface area contributed by atoms with Gasteiger partial charge in [0.15, 0.2) is 0 Å². The number of hydrazine groups is 1. The summed E-state index contributed by atoms with van der Waals surface area (Å²) in [6.07, 6.45) is 6.67. The summed E-state index contributed by atoms with van der Waals surface area (Å²) in [5, 5.41) is 2.82. The quantitative estimate of drug-likeness (QED) is 0.681. The van der Waals surface area contributed by atoms with Gasteiger partial charge < -0.3 is 5.32 Å². The van der Waals surface area contributed by atoms with E-state index in [1.54, 1.807) is 24.3 Å². The summed E-state index contributed by atoms with van der Waals surface area (Å²) in [6.45, 7) is 5.50. The number of amides is 3. The molecule has 0 atom stereocenters. The van der Waals surface area contributed by atoms with Crippen molar-refractivity contribution in [1.82, 2.24) is 10.9 Å². The van der Waals surface area contributed by atoms with Crippen LogP contribution in [0.15, 0.2) is 24.3 Å². The van der Waals surface area contributed by atoms with Gasteiger partial charge in [0.05, 0.1) is 5.41 Å². The van der Waals surface area contributed by atoms with Crippen LogP contribution in [0.5, 0.6) is 0 Å².